The molecule has 1 aromatic rings. The molecule has 0 saturated carbocycles. The fourth-order valence-electron chi connectivity index (χ4n) is 1.81. The molecule has 15 heavy (non-hydrogen) atoms. The molecule has 1 rings (SSSR count). The summed E-state index contributed by atoms with van der Waals surface area (Å²) in [4.78, 5) is 0. The molecule has 0 aliphatic rings. The van der Waals surface area contributed by atoms with Gasteiger partial charge >= 0.3 is 0 Å². The van der Waals surface area contributed by atoms with Crippen molar-refractivity contribution >= 4 is 5.69 Å². The highest BCUT2D eigenvalue weighted by molar-refractivity contribution is 5.63. The highest BCUT2D eigenvalue weighted by atomic mass is 16.5. The van der Waals surface area contributed by atoms with Crippen LogP contribution in [0, 0.1) is 20.8 Å². The first-order valence-electron chi connectivity index (χ1n) is 5.42. The highest BCUT2D eigenvalue weighted by Crippen LogP contribution is 2.31. The van der Waals surface area contributed by atoms with Gasteiger partial charge in [-0.3, -0.25) is 0 Å². The second-order valence-electron chi connectivity index (χ2n) is 4.23. The van der Waals surface area contributed by atoms with E-state index >= 15 is 0 Å². The summed E-state index contributed by atoms with van der Waals surface area (Å²) in [5.41, 5.74) is 4.94. The van der Waals surface area contributed by atoms with Gasteiger partial charge in [-0.15, -0.1) is 0 Å². The van der Waals surface area contributed by atoms with E-state index in [9.17, 15) is 0 Å². The lowest BCUT2D eigenvalue weighted by Crippen LogP contribution is -2.08. The monoisotopic (exact) mass is 207 g/mol. The van der Waals surface area contributed by atoms with Gasteiger partial charge in [-0.25, -0.2) is 0 Å². The molecule has 0 bridgehead atoms. The highest BCUT2D eigenvalue weighted by Gasteiger charge is 2.10. The maximum Gasteiger partial charge on any atom is 0.123 e. The molecule has 0 amide bonds. The minimum atomic E-state index is 0.225. The third kappa shape index (κ3) is 2.44. The van der Waals surface area contributed by atoms with Gasteiger partial charge in [-0.2, -0.15) is 0 Å². The topological polar surface area (TPSA) is 21.3 Å². The fraction of sp³-hybridized carbons (Fsp3) is 0.538. The van der Waals surface area contributed by atoms with Crippen LogP contribution in [0.25, 0.3) is 0 Å². The van der Waals surface area contributed by atoms with Crippen molar-refractivity contribution < 1.29 is 4.74 Å². The second-order valence-corrected chi connectivity index (χ2v) is 4.23. The minimum Gasteiger partial charge on any atom is -0.491 e. The van der Waals surface area contributed by atoms with Crippen LogP contribution < -0.4 is 10.1 Å². The van der Waals surface area contributed by atoms with Crippen molar-refractivity contribution in [3.63, 3.8) is 0 Å². The Labute approximate surface area is 92.6 Å². The number of nitrogens with one attached hydrogen (secondary N) is 1. The molecule has 2 heteroatoms. The summed E-state index contributed by atoms with van der Waals surface area (Å²) < 4.78 is 5.78. The number of hydrogen-bond acceptors (Lipinski definition) is 2. The number of aryl methyl sites for hydroxylation is 1. The van der Waals surface area contributed by atoms with Crippen LogP contribution in [0.3, 0.4) is 0 Å². The summed E-state index contributed by atoms with van der Waals surface area (Å²) in [6.45, 7) is 10.4. The normalized spacial score (nSPS) is 10.6. The average Bonchev–Trinajstić information content (AvgIpc) is 2.14. The molecule has 0 unspecified atom stereocenters. The fourth-order valence-corrected chi connectivity index (χ4v) is 1.81. The predicted molar refractivity (Wildman–Crippen MR) is 66.0 cm³/mol. The standard InChI is InChI=1S/C13H21NO/c1-8(2)15-12-7-9(3)13(14-6)11(5)10(12)4/h7-8,14H,1-6H3. The summed E-state index contributed by atoms with van der Waals surface area (Å²) in [7, 11) is 1.96. The number of ether oxygens (including phenoxy) is 1. The molecule has 0 aliphatic carbocycles. The first kappa shape index (κ1) is 11.9. The summed E-state index contributed by atoms with van der Waals surface area (Å²) in [6.07, 6.45) is 0.225. The molecule has 0 radical (unpaired) electrons. The summed E-state index contributed by atoms with van der Waals surface area (Å²) in [5, 5.41) is 3.23. The van der Waals surface area contributed by atoms with Gasteiger partial charge in [0.05, 0.1) is 6.10 Å². The molecule has 1 N–H and O–H groups in total. The lowest BCUT2D eigenvalue weighted by Gasteiger charge is -2.18. The van der Waals surface area contributed by atoms with Crippen molar-refractivity contribution in [3.8, 4) is 5.75 Å². The quantitative estimate of drug-likeness (QED) is 0.819. The van der Waals surface area contributed by atoms with Crippen LogP contribution in [-0.2, 0) is 0 Å². The molecule has 0 saturated heterocycles. The first-order chi connectivity index (χ1) is 6.97. The van der Waals surface area contributed by atoms with Crippen LogP contribution in [0.2, 0.25) is 0 Å². The average molecular weight is 207 g/mol. The van der Waals surface area contributed by atoms with E-state index in [1.54, 1.807) is 0 Å². The smallest absolute Gasteiger partial charge is 0.123 e. The van der Waals surface area contributed by atoms with E-state index < -0.39 is 0 Å². The van der Waals surface area contributed by atoms with Gasteiger partial charge in [0.2, 0.25) is 0 Å². The van der Waals surface area contributed by atoms with Crippen LogP contribution in [0.15, 0.2) is 6.07 Å². The minimum absolute atomic E-state index is 0.225. The van der Waals surface area contributed by atoms with E-state index in [4.69, 9.17) is 4.74 Å². The number of anilines is 1. The second kappa shape index (κ2) is 4.56. The molecule has 0 aliphatic heterocycles. The molecular formula is C13H21NO. The van der Waals surface area contributed by atoms with Crippen LogP contribution in [-0.4, -0.2) is 13.2 Å². The molecule has 2 nitrogen and oxygen atoms in total. The zero-order chi connectivity index (χ0) is 11.6. The summed E-state index contributed by atoms with van der Waals surface area (Å²) in [5.74, 6) is 0.999. The Bertz CT molecular complexity index is 356. The lowest BCUT2D eigenvalue weighted by molar-refractivity contribution is 0.240. The lowest BCUT2D eigenvalue weighted by atomic mass is 10.0. The van der Waals surface area contributed by atoms with E-state index in [1.807, 2.05) is 7.05 Å². The van der Waals surface area contributed by atoms with Crippen LogP contribution in [0.5, 0.6) is 5.75 Å². The molecule has 0 aromatic heterocycles. The van der Waals surface area contributed by atoms with Crippen molar-refractivity contribution in [1.82, 2.24) is 0 Å². The van der Waals surface area contributed by atoms with Gasteiger partial charge in [0, 0.05) is 12.7 Å². The third-order valence-corrected chi connectivity index (χ3v) is 2.66. The van der Waals surface area contributed by atoms with E-state index in [1.165, 1.54) is 22.4 Å². The van der Waals surface area contributed by atoms with Crippen LogP contribution in [0.4, 0.5) is 5.69 Å². The van der Waals surface area contributed by atoms with Gasteiger partial charge < -0.3 is 10.1 Å². The first-order valence-corrected chi connectivity index (χ1v) is 5.42. The Hall–Kier alpha value is -1.18. The van der Waals surface area contributed by atoms with Crippen LogP contribution >= 0.6 is 0 Å². The zero-order valence-electron chi connectivity index (χ0n) is 10.6. The maximum atomic E-state index is 5.78. The van der Waals surface area contributed by atoms with Gasteiger partial charge in [0.25, 0.3) is 0 Å². The molecular weight excluding hydrogens is 186 g/mol. The van der Waals surface area contributed by atoms with E-state index in [-0.39, 0.29) is 6.10 Å². The molecule has 1 aromatic carbocycles. The summed E-state index contributed by atoms with van der Waals surface area (Å²) in [6, 6.07) is 2.11. The van der Waals surface area contributed by atoms with Crippen molar-refractivity contribution in [2.45, 2.75) is 40.7 Å². The number of rotatable bonds is 3. The Balaban J connectivity index is 3.21. The van der Waals surface area contributed by atoms with Gasteiger partial charge in [0.1, 0.15) is 5.75 Å². The van der Waals surface area contributed by atoms with Gasteiger partial charge in [-0.1, -0.05) is 0 Å². The van der Waals surface area contributed by atoms with Gasteiger partial charge in [-0.05, 0) is 57.4 Å². The summed E-state index contributed by atoms with van der Waals surface area (Å²) >= 11 is 0. The molecule has 0 atom stereocenters. The maximum absolute atomic E-state index is 5.78. The predicted octanol–water partition coefficient (Wildman–Crippen LogP) is 3.44. The Kier molecular flexibility index (Phi) is 3.61. The van der Waals surface area contributed by atoms with E-state index in [0.29, 0.717) is 0 Å². The Morgan fingerprint density at radius 3 is 2.20 bits per heavy atom. The van der Waals surface area contributed by atoms with Crippen molar-refractivity contribution in [1.29, 1.82) is 0 Å². The number of hydrogen-bond donors (Lipinski definition) is 1. The van der Waals surface area contributed by atoms with Crippen molar-refractivity contribution in [2.24, 2.45) is 0 Å². The number of benzene rings is 1. The van der Waals surface area contributed by atoms with E-state index in [2.05, 4.69) is 46.0 Å². The van der Waals surface area contributed by atoms with Crippen molar-refractivity contribution in [2.75, 3.05) is 12.4 Å². The van der Waals surface area contributed by atoms with Gasteiger partial charge in [0.15, 0.2) is 0 Å². The van der Waals surface area contributed by atoms with Crippen molar-refractivity contribution in [3.05, 3.63) is 22.8 Å². The Morgan fingerprint density at radius 1 is 1.13 bits per heavy atom. The van der Waals surface area contributed by atoms with Crippen LogP contribution in [0.1, 0.15) is 30.5 Å². The zero-order valence-corrected chi connectivity index (χ0v) is 10.6. The van der Waals surface area contributed by atoms with E-state index in [0.717, 1.165) is 5.75 Å². The Morgan fingerprint density at radius 2 is 1.73 bits per heavy atom. The SMILES string of the molecule is CNc1c(C)cc(OC(C)C)c(C)c1C. The molecule has 0 heterocycles. The largest absolute Gasteiger partial charge is 0.491 e. The molecule has 0 fully saturated rings. The third-order valence-electron chi connectivity index (χ3n) is 2.66. The molecule has 0 spiro atoms. The molecule has 84 valence electrons.